The Morgan fingerprint density at radius 1 is 1.30 bits per heavy atom. The lowest BCUT2D eigenvalue weighted by Crippen LogP contribution is -2.52. The number of thiophene rings is 1. The summed E-state index contributed by atoms with van der Waals surface area (Å²) in [6.07, 6.45) is 6.94. The van der Waals surface area contributed by atoms with Crippen LogP contribution in [0.3, 0.4) is 0 Å². The summed E-state index contributed by atoms with van der Waals surface area (Å²) in [5.74, 6) is 1.07. The van der Waals surface area contributed by atoms with Gasteiger partial charge in [0, 0.05) is 21.9 Å². The Hall–Kier alpha value is -1.40. The van der Waals surface area contributed by atoms with Crippen LogP contribution in [0, 0.1) is 18.8 Å². The van der Waals surface area contributed by atoms with Crippen LogP contribution in [0.2, 0.25) is 0 Å². The predicted molar refractivity (Wildman–Crippen MR) is 101 cm³/mol. The monoisotopic (exact) mass is 351 g/mol. The molecule has 23 heavy (non-hydrogen) atoms. The average Bonchev–Trinajstić information content (AvgIpc) is 2.93. The topological polar surface area (TPSA) is 53.2 Å². The smallest absolute Gasteiger partial charge is 0.262 e. The normalized spacial score (nSPS) is 24.4. The maximum absolute atomic E-state index is 11.8. The first-order valence-electron chi connectivity index (χ1n) is 8.06. The highest BCUT2D eigenvalue weighted by atomic mass is 32.1. The number of thiocarbonyl (C=S) groups is 1. The number of carbonyl (C=O) groups is 1. The van der Waals surface area contributed by atoms with Gasteiger partial charge in [-0.05, 0) is 55.6 Å². The second-order valence-corrected chi connectivity index (χ2v) is 7.97. The lowest BCUT2D eigenvalue weighted by molar-refractivity contribution is -0.116. The molecule has 4 nitrogen and oxygen atoms in total. The standard InChI is InChI=1S/C17H25N3OS2/c1-11-5-4-6-15(13(11)3)18-17(22)20-19-16(21)10-9-14-8-7-12(2)23-14/h7-11,13,15H,4-6H2,1-3H3,(H,19,21)(H2,18,20,22)/b10-9+/t11-,13+,15-/m1/s1. The van der Waals surface area contributed by atoms with Crippen LogP contribution in [0.5, 0.6) is 0 Å². The molecule has 0 saturated heterocycles. The van der Waals surface area contributed by atoms with Gasteiger partial charge in [0.15, 0.2) is 5.11 Å². The molecule has 1 aliphatic carbocycles. The molecule has 0 aromatic carbocycles. The Bertz CT molecular complexity index is 582. The van der Waals surface area contributed by atoms with Crippen molar-refractivity contribution in [3.63, 3.8) is 0 Å². The molecule has 0 spiro atoms. The van der Waals surface area contributed by atoms with Gasteiger partial charge in [-0.25, -0.2) is 0 Å². The molecule has 2 rings (SSSR count). The molecule has 3 N–H and O–H groups in total. The number of amides is 1. The van der Waals surface area contributed by atoms with Gasteiger partial charge in [0.2, 0.25) is 0 Å². The van der Waals surface area contributed by atoms with Gasteiger partial charge in [-0.15, -0.1) is 11.3 Å². The van der Waals surface area contributed by atoms with E-state index in [4.69, 9.17) is 12.2 Å². The highest BCUT2D eigenvalue weighted by molar-refractivity contribution is 7.80. The van der Waals surface area contributed by atoms with Crippen LogP contribution in [-0.4, -0.2) is 17.1 Å². The maximum Gasteiger partial charge on any atom is 0.262 e. The van der Waals surface area contributed by atoms with Crippen molar-refractivity contribution in [1.29, 1.82) is 0 Å². The minimum absolute atomic E-state index is 0.217. The third kappa shape index (κ3) is 5.62. The van der Waals surface area contributed by atoms with E-state index < -0.39 is 0 Å². The summed E-state index contributed by atoms with van der Waals surface area (Å²) >= 11 is 6.92. The molecule has 0 aliphatic heterocycles. The van der Waals surface area contributed by atoms with Crippen molar-refractivity contribution in [2.75, 3.05) is 0 Å². The number of carbonyl (C=O) groups excluding carboxylic acids is 1. The van der Waals surface area contributed by atoms with Gasteiger partial charge in [-0.1, -0.05) is 26.7 Å². The molecule has 1 amide bonds. The fraction of sp³-hybridized carbons (Fsp3) is 0.529. The summed E-state index contributed by atoms with van der Waals surface area (Å²) < 4.78 is 0. The van der Waals surface area contributed by atoms with Crippen LogP contribution in [0.1, 0.15) is 42.9 Å². The van der Waals surface area contributed by atoms with Crippen molar-refractivity contribution in [1.82, 2.24) is 16.2 Å². The number of hydrazine groups is 1. The van der Waals surface area contributed by atoms with E-state index in [9.17, 15) is 4.79 Å². The lowest BCUT2D eigenvalue weighted by atomic mass is 9.78. The average molecular weight is 352 g/mol. The minimum Gasteiger partial charge on any atom is -0.358 e. The first-order valence-corrected chi connectivity index (χ1v) is 9.29. The van der Waals surface area contributed by atoms with E-state index in [2.05, 4.69) is 30.0 Å². The third-order valence-corrected chi connectivity index (χ3v) is 5.67. The largest absolute Gasteiger partial charge is 0.358 e. The van der Waals surface area contributed by atoms with Gasteiger partial charge in [-0.3, -0.25) is 15.6 Å². The summed E-state index contributed by atoms with van der Waals surface area (Å²) in [7, 11) is 0. The lowest BCUT2D eigenvalue weighted by Gasteiger charge is -2.35. The van der Waals surface area contributed by atoms with E-state index in [-0.39, 0.29) is 5.91 Å². The first-order chi connectivity index (χ1) is 11.0. The molecule has 1 heterocycles. The Balaban J connectivity index is 1.73. The highest BCUT2D eigenvalue weighted by Gasteiger charge is 2.27. The van der Waals surface area contributed by atoms with Gasteiger partial charge >= 0.3 is 0 Å². The van der Waals surface area contributed by atoms with Crippen LogP contribution < -0.4 is 16.2 Å². The van der Waals surface area contributed by atoms with Gasteiger partial charge in [0.1, 0.15) is 0 Å². The number of hydrogen-bond acceptors (Lipinski definition) is 3. The van der Waals surface area contributed by atoms with E-state index in [1.54, 1.807) is 17.4 Å². The molecule has 1 saturated carbocycles. The fourth-order valence-electron chi connectivity index (χ4n) is 2.85. The van der Waals surface area contributed by atoms with Crippen molar-refractivity contribution >= 4 is 40.7 Å². The zero-order valence-corrected chi connectivity index (χ0v) is 15.5. The van der Waals surface area contributed by atoms with Gasteiger partial charge in [0.05, 0.1) is 0 Å². The van der Waals surface area contributed by atoms with E-state index in [1.807, 2.05) is 19.1 Å². The van der Waals surface area contributed by atoms with Crippen LogP contribution in [0.15, 0.2) is 18.2 Å². The third-order valence-electron chi connectivity index (χ3n) is 4.48. The fourth-order valence-corrected chi connectivity index (χ4v) is 3.83. The van der Waals surface area contributed by atoms with Crippen LogP contribution >= 0.6 is 23.6 Å². The van der Waals surface area contributed by atoms with Crippen LogP contribution in [0.25, 0.3) is 6.08 Å². The Kier molecular flexibility index (Phi) is 6.59. The zero-order valence-electron chi connectivity index (χ0n) is 13.9. The maximum atomic E-state index is 11.8. The van der Waals surface area contributed by atoms with Gasteiger partial charge in [0.25, 0.3) is 5.91 Å². The number of nitrogens with one attached hydrogen (secondary N) is 3. The Morgan fingerprint density at radius 3 is 2.78 bits per heavy atom. The summed E-state index contributed by atoms with van der Waals surface area (Å²) in [6, 6.07) is 4.40. The van der Waals surface area contributed by atoms with Crippen molar-refractivity contribution in [3.05, 3.63) is 28.0 Å². The van der Waals surface area contributed by atoms with Crippen molar-refractivity contribution in [3.8, 4) is 0 Å². The molecular weight excluding hydrogens is 326 g/mol. The molecule has 3 atom stereocenters. The summed E-state index contributed by atoms with van der Waals surface area (Å²) in [6.45, 7) is 6.59. The SMILES string of the molecule is Cc1ccc(/C=C/C(=O)NNC(=S)N[C@@H]2CCC[C@@H](C)[C@@H]2C)s1. The van der Waals surface area contributed by atoms with E-state index in [0.29, 0.717) is 23.0 Å². The zero-order chi connectivity index (χ0) is 16.8. The first kappa shape index (κ1) is 17.9. The molecule has 1 fully saturated rings. The van der Waals surface area contributed by atoms with Crippen LogP contribution in [-0.2, 0) is 4.79 Å². The molecule has 126 valence electrons. The molecule has 6 heteroatoms. The molecule has 1 aromatic rings. The molecule has 0 radical (unpaired) electrons. The van der Waals surface area contributed by atoms with E-state index in [0.717, 1.165) is 11.3 Å². The molecule has 0 unspecified atom stereocenters. The number of aryl methyl sites for hydroxylation is 1. The van der Waals surface area contributed by atoms with Crippen molar-refractivity contribution in [2.24, 2.45) is 11.8 Å². The van der Waals surface area contributed by atoms with Gasteiger partial charge < -0.3 is 5.32 Å². The summed E-state index contributed by atoms with van der Waals surface area (Å²) in [4.78, 5) is 14.1. The number of rotatable bonds is 3. The summed E-state index contributed by atoms with van der Waals surface area (Å²) in [5.41, 5.74) is 5.38. The van der Waals surface area contributed by atoms with E-state index in [1.165, 1.54) is 23.8 Å². The van der Waals surface area contributed by atoms with Crippen LogP contribution in [0.4, 0.5) is 0 Å². The van der Waals surface area contributed by atoms with Crippen molar-refractivity contribution < 1.29 is 4.79 Å². The minimum atomic E-state index is -0.217. The number of hydrogen-bond donors (Lipinski definition) is 3. The quantitative estimate of drug-likeness (QED) is 0.444. The predicted octanol–water partition coefficient (Wildman–Crippen LogP) is 3.39. The Morgan fingerprint density at radius 2 is 2.09 bits per heavy atom. The molecule has 1 aromatic heterocycles. The molecule has 0 bridgehead atoms. The highest BCUT2D eigenvalue weighted by Crippen LogP contribution is 2.29. The second kappa shape index (κ2) is 8.45. The second-order valence-electron chi connectivity index (χ2n) is 6.24. The molecular formula is C17H25N3OS2. The summed E-state index contributed by atoms with van der Waals surface area (Å²) in [5, 5.41) is 3.79. The van der Waals surface area contributed by atoms with Gasteiger partial charge in [-0.2, -0.15) is 0 Å². The molecule has 1 aliphatic rings. The Labute approximate surface area is 147 Å². The van der Waals surface area contributed by atoms with E-state index >= 15 is 0 Å². The van der Waals surface area contributed by atoms with Crippen molar-refractivity contribution in [2.45, 2.75) is 46.1 Å².